The quantitative estimate of drug-likeness (QED) is 0.640. The molecule has 166 valence electrons. The second-order valence-electron chi connectivity index (χ2n) is 8.14. The smallest absolute Gasteiger partial charge is 0.255 e. The molecule has 2 aliphatic rings. The van der Waals surface area contributed by atoms with E-state index in [1.165, 1.54) is 23.5 Å². The van der Waals surface area contributed by atoms with Crippen molar-refractivity contribution in [3.8, 4) is 0 Å². The van der Waals surface area contributed by atoms with Crippen LogP contribution in [0.3, 0.4) is 0 Å². The highest BCUT2D eigenvalue weighted by atomic mass is 32.2. The van der Waals surface area contributed by atoms with Crippen LogP contribution in [0, 0.1) is 5.92 Å². The van der Waals surface area contributed by atoms with Crippen LogP contribution in [0.25, 0.3) is 0 Å². The van der Waals surface area contributed by atoms with Gasteiger partial charge < -0.3 is 5.32 Å². The summed E-state index contributed by atoms with van der Waals surface area (Å²) in [6.45, 7) is 3.22. The van der Waals surface area contributed by atoms with Gasteiger partial charge in [0.15, 0.2) is 0 Å². The lowest BCUT2D eigenvalue weighted by atomic mass is 10.0. The number of benzene rings is 2. The zero-order valence-corrected chi connectivity index (χ0v) is 20.1. The summed E-state index contributed by atoms with van der Waals surface area (Å²) in [5.74, 6) is 2.55. The molecule has 1 N–H and O–H groups in total. The van der Waals surface area contributed by atoms with Crippen molar-refractivity contribution in [2.45, 2.75) is 35.7 Å². The Bertz CT molecular complexity index is 1000. The fourth-order valence-corrected chi connectivity index (χ4v) is 8.39. The van der Waals surface area contributed by atoms with E-state index in [1.807, 2.05) is 47.8 Å². The first kappa shape index (κ1) is 22.7. The molecule has 2 saturated heterocycles. The molecular weight excluding hydrogens is 448 g/mol. The first-order valence-corrected chi connectivity index (χ1v) is 14.2. The molecule has 2 aromatic carbocycles. The summed E-state index contributed by atoms with van der Waals surface area (Å²) in [5.41, 5.74) is 2.42. The Labute approximate surface area is 193 Å². The second kappa shape index (κ2) is 9.98. The second-order valence-corrected chi connectivity index (χ2v) is 12.8. The molecule has 5 nitrogen and oxygen atoms in total. The lowest BCUT2D eigenvalue weighted by molar-refractivity contribution is 0.102. The predicted octanol–water partition coefficient (Wildman–Crippen LogP) is 5.23. The Balaban J connectivity index is 1.40. The topological polar surface area (TPSA) is 66.5 Å². The number of hydrogen-bond donors (Lipinski definition) is 1. The van der Waals surface area contributed by atoms with E-state index < -0.39 is 10.0 Å². The van der Waals surface area contributed by atoms with Gasteiger partial charge in [0, 0.05) is 24.3 Å². The number of thioether (sulfide) groups is 2. The maximum atomic E-state index is 12.9. The molecule has 1 atom stereocenters. The minimum Gasteiger partial charge on any atom is -0.322 e. The SMILES string of the molecule is CC1CCCN(S(=O)(=O)c2ccc(NC(=O)c3ccc(C4SCCCS4)cc3)cc2)C1. The molecule has 1 unspecified atom stereocenters. The van der Waals surface area contributed by atoms with Gasteiger partial charge in [-0.2, -0.15) is 4.31 Å². The van der Waals surface area contributed by atoms with Crippen LogP contribution in [-0.4, -0.2) is 43.2 Å². The van der Waals surface area contributed by atoms with E-state index in [9.17, 15) is 13.2 Å². The summed E-state index contributed by atoms with van der Waals surface area (Å²) in [6.07, 6.45) is 3.21. The summed E-state index contributed by atoms with van der Waals surface area (Å²) in [4.78, 5) is 12.9. The van der Waals surface area contributed by atoms with Crippen molar-refractivity contribution in [3.63, 3.8) is 0 Å². The van der Waals surface area contributed by atoms with E-state index >= 15 is 0 Å². The van der Waals surface area contributed by atoms with E-state index in [2.05, 4.69) is 12.2 Å². The van der Waals surface area contributed by atoms with Gasteiger partial charge in [-0.3, -0.25) is 4.79 Å². The van der Waals surface area contributed by atoms with Crippen molar-refractivity contribution in [2.75, 3.05) is 29.9 Å². The van der Waals surface area contributed by atoms with Crippen molar-refractivity contribution < 1.29 is 13.2 Å². The molecule has 2 fully saturated rings. The van der Waals surface area contributed by atoms with Crippen LogP contribution in [0.5, 0.6) is 0 Å². The van der Waals surface area contributed by atoms with Gasteiger partial charge in [0.2, 0.25) is 10.0 Å². The van der Waals surface area contributed by atoms with Crippen molar-refractivity contribution in [2.24, 2.45) is 5.92 Å². The summed E-state index contributed by atoms with van der Waals surface area (Å²) >= 11 is 3.91. The number of nitrogens with zero attached hydrogens (tertiary/aromatic N) is 1. The van der Waals surface area contributed by atoms with Gasteiger partial charge in [0.05, 0.1) is 9.48 Å². The molecule has 0 bridgehead atoms. The Hall–Kier alpha value is -1.48. The van der Waals surface area contributed by atoms with E-state index in [-0.39, 0.29) is 10.8 Å². The molecule has 0 spiro atoms. The highest BCUT2D eigenvalue weighted by Gasteiger charge is 2.28. The van der Waals surface area contributed by atoms with Gasteiger partial charge in [-0.15, -0.1) is 23.5 Å². The molecule has 0 aromatic heterocycles. The van der Waals surface area contributed by atoms with Crippen molar-refractivity contribution >= 4 is 45.1 Å². The minimum absolute atomic E-state index is 0.198. The lowest BCUT2D eigenvalue weighted by Gasteiger charge is -2.30. The number of hydrogen-bond acceptors (Lipinski definition) is 5. The molecular formula is C23H28N2O3S3. The molecule has 4 rings (SSSR count). The number of carbonyl (C=O) groups excluding carboxylic acids is 1. The van der Waals surface area contributed by atoms with E-state index in [4.69, 9.17) is 0 Å². The Morgan fingerprint density at radius 1 is 1.00 bits per heavy atom. The zero-order chi connectivity index (χ0) is 21.8. The van der Waals surface area contributed by atoms with Gasteiger partial charge in [-0.1, -0.05) is 19.1 Å². The lowest BCUT2D eigenvalue weighted by Crippen LogP contribution is -2.39. The van der Waals surface area contributed by atoms with Gasteiger partial charge in [0.1, 0.15) is 0 Å². The van der Waals surface area contributed by atoms with E-state index in [0.29, 0.717) is 34.8 Å². The van der Waals surface area contributed by atoms with Crippen LogP contribution >= 0.6 is 23.5 Å². The Morgan fingerprint density at radius 3 is 2.32 bits per heavy atom. The van der Waals surface area contributed by atoms with Gasteiger partial charge in [-0.25, -0.2) is 8.42 Å². The number of piperidine rings is 1. The fraction of sp³-hybridized carbons (Fsp3) is 0.435. The largest absolute Gasteiger partial charge is 0.322 e. The first-order chi connectivity index (χ1) is 14.9. The summed E-state index contributed by atoms with van der Waals surface area (Å²) < 4.78 is 27.8. The zero-order valence-electron chi connectivity index (χ0n) is 17.6. The van der Waals surface area contributed by atoms with Crippen molar-refractivity contribution in [1.29, 1.82) is 0 Å². The molecule has 2 heterocycles. The summed E-state index contributed by atoms with van der Waals surface area (Å²) in [6, 6.07) is 14.2. The molecule has 0 aliphatic carbocycles. The van der Waals surface area contributed by atoms with Crippen LogP contribution in [0.15, 0.2) is 53.4 Å². The van der Waals surface area contributed by atoms with Crippen LogP contribution < -0.4 is 5.32 Å². The maximum Gasteiger partial charge on any atom is 0.255 e. The fourth-order valence-electron chi connectivity index (χ4n) is 3.90. The number of carbonyl (C=O) groups is 1. The first-order valence-electron chi connectivity index (χ1n) is 10.7. The van der Waals surface area contributed by atoms with Gasteiger partial charge >= 0.3 is 0 Å². The average molecular weight is 477 g/mol. The number of anilines is 1. The molecule has 1 amide bonds. The highest BCUT2D eigenvalue weighted by molar-refractivity contribution is 8.16. The molecule has 0 saturated carbocycles. The summed E-state index contributed by atoms with van der Waals surface area (Å²) in [5, 5.41) is 2.86. The Morgan fingerprint density at radius 2 is 1.68 bits per heavy atom. The third-order valence-electron chi connectivity index (χ3n) is 5.64. The van der Waals surface area contributed by atoms with Crippen LogP contribution in [0.4, 0.5) is 5.69 Å². The van der Waals surface area contributed by atoms with Gasteiger partial charge in [-0.05, 0) is 78.6 Å². The highest BCUT2D eigenvalue weighted by Crippen LogP contribution is 2.43. The summed E-state index contributed by atoms with van der Waals surface area (Å²) in [7, 11) is -3.49. The predicted molar refractivity (Wildman–Crippen MR) is 130 cm³/mol. The third kappa shape index (κ3) is 5.48. The molecule has 31 heavy (non-hydrogen) atoms. The third-order valence-corrected chi connectivity index (χ3v) is 10.5. The molecule has 2 aromatic rings. The average Bonchev–Trinajstić information content (AvgIpc) is 2.80. The minimum atomic E-state index is -3.49. The van der Waals surface area contributed by atoms with Crippen molar-refractivity contribution in [1.82, 2.24) is 4.31 Å². The normalized spacial score (nSPS) is 21.0. The molecule has 8 heteroatoms. The van der Waals surface area contributed by atoms with Crippen LogP contribution in [-0.2, 0) is 10.0 Å². The monoisotopic (exact) mass is 476 g/mol. The standard InChI is InChI=1S/C23H28N2O3S3/c1-17-4-2-13-25(16-17)31(27,28)21-11-9-20(10-12-21)24-22(26)18-5-7-19(8-6-18)23-29-14-3-15-30-23/h5-12,17,23H,2-4,13-16H2,1H3,(H,24,26). The molecule has 2 aliphatic heterocycles. The van der Waals surface area contributed by atoms with Crippen molar-refractivity contribution in [3.05, 3.63) is 59.7 Å². The Kier molecular flexibility index (Phi) is 7.31. The number of nitrogens with one attached hydrogen (secondary N) is 1. The van der Waals surface area contributed by atoms with Crippen LogP contribution in [0.2, 0.25) is 0 Å². The maximum absolute atomic E-state index is 12.9. The van der Waals surface area contributed by atoms with E-state index in [1.54, 1.807) is 28.6 Å². The van der Waals surface area contributed by atoms with Gasteiger partial charge in [0.25, 0.3) is 5.91 Å². The number of rotatable bonds is 5. The number of sulfonamides is 1. The number of amides is 1. The molecule has 0 radical (unpaired) electrons. The van der Waals surface area contributed by atoms with Crippen LogP contribution in [0.1, 0.15) is 46.7 Å². The van der Waals surface area contributed by atoms with E-state index in [0.717, 1.165) is 12.8 Å².